The van der Waals surface area contributed by atoms with Crippen molar-refractivity contribution >= 4 is 23.4 Å². The highest BCUT2D eigenvalue weighted by atomic mass is 35.5. The minimum absolute atomic E-state index is 0.104. The molecule has 2 aromatic rings. The average molecular weight is 310 g/mol. The van der Waals surface area contributed by atoms with Gasteiger partial charge in [-0.3, -0.25) is 0 Å². The Labute approximate surface area is 128 Å². The smallest absolute Gasteiger partial charge is 0.127 e. The predicted molar refractivity (Wildman–Crippen MR) is 84.7 cm³/mol. The summed E-state index contributed by atoms with van der Waals surface area (Å²) >= 11 is 7.46. The predicted octanol–water partition coefficient (Wildman–Crippen LogP) is 5.05. The molecule has 0 heterocycles. The Hall–Kier alpha value is -1.03. The van der Waals surface area contributed by atoms with Crippen molar-refractivity contribution in [2.24, 2.45) is 5.73 Å². The molecule has 0 bridgehead atoms. The summed E-state index contributed by atoms with van der Waals surface area (Å²) < 4.78 is 14.0. The van der Waals surface area contributed by atoms with Crippen LogP contribution in [0.1, 0.15) is 24.2 Å². The SMILES string of the molecule is CCC(N)C(Sc1ccc(Cl)cc1)c1ccccc1F. The van der Waals surface area contributed by atoms with E-state index in [0.717, 1.165) is 11.3 Å². The first kappa shape index (κ1) is 15.4. The molecule has 2 rings (SSSR count). The topological polar surface area (TPSA) is 26.0 Å². The van der Waals surface area contributed by atoms with Gasteiger partial charge in [-0.1, -0.05) is 36.7 Å². The summed E-state index contributed by atoms with van der Waals surface area (Å²) in [5.74, 6) is -0.206. The number of hydrogen-bond acceptors (Lipinski definition) is 2. The maximum absolute atomic E-state index is 14.0. The van der Waals surface area contributed by atoms with Gasteiger partial charge in [-0.25, -0.2) is 4.39 Å². The molecule has 0 aliphatic heterocycles. The van der Waals surface area contributed by atoms with Crippen LogP contribution in [0.15, 0.2) is 53.4 Å². The Balaban J connectivity index is 2.29. The van der Waals surface area contributed by atoms with Crippen LogP contribution in [0.5, 0.6) is 0 Å². The number of nitrogens with two attached hydrogens (primary N) is 1. The van der Waals surface area contributed by atoms with Gasteiger partial charge in [0.2, 0.25) is 0 Å². The van der Waals surface area contributed by atoms with Crippen LogP contribution in [0.25, 0.3) is 0 Å². The molecule has 0 aliphatic rings. The van der Waals surface area contributed by atoms with E-state index in [4.69, 9.17) is 17.3 Å². The minimum Gasteiger partial charge on any atom is -0.326 e. The summed E-state index contributed by atoms with van der Waals surface area (Å²) in [7, 11) is 0. The molecule has 2 aromatic carbocycles. The minimum atomic E-state index is -0.206. The Morgan fingerprint density at radius 3 is 2.40 bits per heavy atom. The summed E-state index contributed by atoms with van der Waals surface area (Å²) in [6, 6.07) is 14.3. The number of thioether (sulfide) groups is 1. The van der Waals surface area contributed by atoms with Crippen LogP contribution < -0.4 is 5.73 Å². The zero-order valence-electron chi connectivity index (χ0n) is 11.2. The first-order valence-corrected chi connectivity index (χ1v) is 7.79. The van der Waals surface area contributed by atoms with E-state index in [0.29, 0.717) is 10.6 Å². The van der Waals surface area contributed by atoms with Gasteiger partial charge in [-0.2, -0.15) is 0 Å². The number of rotatable bonds is 5. The van der Waals surface area contributed by atoms with Gasteiger partial charge in [-0.15, -0.1) is 11.8 Å². The highest BCUT2D eigenvalue weighted by Crippen LogP contribution is 2.39. The fraction of sp³-hybridized carbons (Fsp3) is 0.250. The Morgan fingerprint density at radius 2 is 1.80 bits per heavy atom. The molecule has 0 aromatic heterocycles. The lowest BCUT2D eigenvalue weighted by atomic mass is 10.0. The van der Waals surface area contributed by atoms with Gasteiger partial charge in [0.25, 0.3) is 0 Å². The maximum atomic E-state index is 14.0. The van der Waals surface area contributed by atoms with Crippen molar-refractivity contribution in [3.8, 4) is 0 Å². The average Bonchev–Trinajstić information content (AvgIpc) is 2.47. The van der Waals surface area contributed by atoms with Gasteiger partial charge in [-0.05, 0) is 36.8 Å². The molecule has 2 unspecified atom stereocenters. The van der Waals surface area contributed by atoms with Crippen molar-refractivity contribution < 1.29 is 4.39 Å². The number of hydrogen-bond donors (Lipinski definition) is 1. The van der Waals surface area contributed by atoms with E-state index in [1.807, 2.05) is 37.3 Å². The molecule has 0 saturated heterocycles. The lowest BCUT2D eigenvalue weighted by Crippen LogP contribution is -2.26. The highest BCUT2D eigenvalue weighted by Gasteiger charge is 2.22. The summed E-state index contributed by atoms with van der Waals surface area (Å²) in [5, 5.41) is 0.582. The van der Waals surface area contributed by atoms with Crippen LogP contribution in [0, 0.1) is 5.82 Å². The molecule has 2 atom stereocenters. The molecule has 1 nitrogen and oxygen atoms in total. The monoisotopic (exact) mass is 309 g/mol. The molecular formula is C16H17ClFNS. The van der Waals surface area contributed by atoms with Gasteiger partial charge < -0.3 is 5.73 Å². The van der Waals surface area contributed by atoms with Crippen LogP contribution in [-0.4, -0.2) is 6.04 Å². The van der Waals surface area contributed by atoms with Crippen LogP contribution in [0.2, 0.25) is 5.02 Å². The van der Waals surface area contributed by atoms with Gasteiger partial charge in [0.1, 0.15) is 5.82 Å². The normalized spacial score (nSPS) is 14.0. The van der Waals surface area contributed by atoms with E-state index >= 15 is 0 Å². The van der Waals surface area contributed by atoms with Crippen molar-refractivity contribution in [3.05, 3.63) is 64.9 Å². The van der Waals surface area contributed by atoms with E-state index in [1.54, 1.807) is 23.9 Å². The van der Waals surface area contributed by atoms with Crippen LogP contribution in [0.3, 0.4) is 0 Å². The summed E-state index contributed by atoms with van der Waals surface area (Å²) in [4.78, 5) is 1.03. The van der Waals surface area contributed by atoms with Crippen LogP contribution in [0.4, 0.5) is 4.39 Å². The molecule has 0 amide bonds. The largest absolute Gasteiger partial charge is 0.326 e. The lowest BCUT2D eigenvalue weighted by Gasteiger charge is -2.23. The van der Waals surface area contributed by atoms with Gasteiger partial charge in [0.15, 0.2) is 0 Å². The summed E-state index contributed by atoms with van der Waals surface area (Å²) in [5.41, 5.74) is 6.84. The van der Waals surface area contributed by atoms with Crippen LogP contribution in [-0.2, 0) is 0 Å². The van der Waals surface area contributed by atoms with E-state index in [-0.39, 0.29) is 17.1 Å². The van der Waals surface area contributed by atoms with Crippen molar-refractivity contribution in [3.63, 3.8) is 0 Å². The first-order chi connectivity index (χ1) is 9.61. The van der Waals surface area contributed by atoms with E-state index in [2.05, 4.69) is 0 Å². The summed E-state index contributed by atoms with van der Waals surface area (Å²) in [6.07, 6.45) is 0.791. The molecule has 0 aliphatic carbocycles. The molecule has 0 spiro atoms. The van der Waals surface area contributed by atoms with Gasteiger partial charge >= 0.3 is 0 Å². The Kier molecular flexibility index (Phi) is 5.46. The fourth-order valence-corrected chi connectivity index (χ4v) is 3.36. The maximum Gasteiger partial charge on any atom is 0.127 e. The van der Waals surface area contributed by atoms with Gasteiger partial charge in [0.05, 0.1) is 5.25 Å². The second kappa shape index (κ2) is 7.11. The fourth-order valence-electron chi connectivity index (χ4n) is 1.96. The van der Waals surface area contributed by atoms with Crippen molar-refractivity contribution in [2.75, 3.05) is 0 Å². The quantitative estimate of drug-likeness (QED) is 0.782. The van der Waals surface area contributed by atoms with Crippen molar-refractivity contribution in [2.45, 2.75) is 29.5 Å². The van der Waals surface area contributed by atoms with E-state index in [9.17, 15) is 4.39 Å². The number of halogens is 2. The molecule has 20 heavy (non-hydrogen) atoms. The van der Waals surface area contributed by atoms with Crippen molar-refractivity contribution in [1.82, 2.24) is 0 Å². The molecule has 106 valence electrons. The Morgan fingerprint density at radius 1 is 1.15 bits per heavy atom. The Bertz CT molecular complexity index is 559. The standard InChI is InChI=1S/C16H17ClFNS/c1-2-15(19)16(13-5-3-4-6-14(13)18)20-12-9-7-11(17)8-10-12/h3-10,15-16H,2,19H2,1H3. The number of benzene rings is 2. The highest BCUT2D eigenvalue weighted by molar-refractivity contribution is 7.99. The molecule has 2 N–H and O–H groups in total. The molecule has 0 saturated carbocycles. The second-order valence-electron chi connectivity index (χ2n) is 4.59. The molecular weight excluding hydrogens is 293 g/mol. The zero-order chi connectivity index (χ0) is 14.5. The van der Waals surface area contributed by atoms with Gasteiger partial charge in [0, 0.05) is 21.5 Å². The third-order valence-electron chi connectivity index (χ3n) is 3.15. The zero-order valence-corrected chi connectivity index (χ0v) is 12.8. The molecule has 0 radical (unpaired) electrons. The third kappa shape index (κ3) is 3.75. The van der Waals surface area contributed by atoms with E-state index in [1.165, 1.54) is 6.07 Å². The molecule has 4 heteroatoms. The van der Waals surface area contributed by atoms with E-state index < -0.39 is 0 Å². The summed E-state index contributed by atoms with van der Waals surface area (Å²) in [6.45, 7) is 2.01. The second-order valence-corrected chi connectivity index (χ2v) is 6.24. The third-order valence-corrected chi connectivity index (χ3v) is 4.80. The first-order valence-electron chi connectivity index (χ1n) is 6.54. The van der Waals surface area contributed by atoms with Crippen molar-refractivity contribution in [1.29, 1.82) is 0 Å². The molecule has 0 fully saturated rings. The lowest BCUT2D eigenvalue weighted by molar-refractivity contribution is 0.572. The van der Waals surface area contributed by atoms with Crippen LogP contribution >= 0.6 is 23.4 Å².